The van der Waals surface area contributed by atoms with E-state index < -0.39 is 106 Å². The number of rotatable bonds is 19. The van der Waals surface area contributed by atoms with Crippen LogP contribution in [0.1, 0.15) is 70.8 Å². The minimum absolute atomic E-state index is 0.0131. The summed E-state index contributed by atoms with van der Waals surface area (Å²) in [6.07, 6.45) is -0.808. The Morgan fingerprint density at radius 3 is 2.23 bits per heavy atom. The molecular weight excluding hydrogens is 801 g/mol. The van der Waals surface area contributed by atoms with Crippen LogP contribution in [0, 0.1) is 22.7 Å². The maximum Gasteiger partial charge on any atom is 0.514 e. The van der Waals surface area contributed by atoms with Crippen LogP contribution in [-0.4, -0.2) is 127 Å². The SMILES string of the molecule is C[C@]12C=CC(=O)C=C1CCC1C3C[C@@H](O)[C@](OC(=O)CCCON(O)O)(C(=O)COC(=O)Oc4ccc(C[C@H](N)C(=O)OCCCCON(O)O)cc4)[C@@]3(C)C[C@H](O)[C@@]12F. The molecule has 4 aliphatic carbocycles. The number of allylic oxidation sites excluding steroid dienone is 4. The number of Topliss-reactive ketones (excluding diaryl/α,β-unsaturated/α-hetero) is 1. The van der Waals surface area contributed by atoms with Crippen LogP contribution in [-0.2, 0) is 49.5 Å². The van der Waals surface area contributed by atoms with E-state index in [1.807, 2.05) is 0 Å². The van der Waals surface area contributed by atoms with Crippen molar-refractivity contribution in [2.24, 2.45) is 28.4 Å². The normalized spacial score (nSPS) is 31.1. The Morgan fingerprint density at radius 1 is 0.917 bits per heavy atom. The van der Waals surface area contributed by atoms with E-state index in [0.29, 0.717) is 24.0 Å². The van der Waals surface area contributed by atoms with Crippen LogP contribution in [0.2, 0.25) is 0 Å². The molecule has 0 bridgehead atoms. The van der Waals surface area contributed by atoms with E-state index in [2.05, 4.69) is 9.68 Å². The number of fused-ring (bicyclic) bond motifs is 5. The van der Waals surface area contributed by atoms with E-state index in [0.717, 1.165) is 0 Å². The molecule has 5 rings (SSSR count). The molecule has 0 radical (unpaired) electrons. The number of hydrogen-bond donors (Lipinski definition) is 7. The average molecular weight is 854 g/mol. The maximum absolute atomic E-state index is 17.7. The van der Waals surface area contributed by atoms with E-state index >= 15 is 4.39 Å². The molecule has 0 spiro atoms. The minimum Gasteiger partial charge on any atom is -0.465 e. The van der Waals surface area contributed by atoms with Gasteiger partial charge in [0.1, 0.15) is 17.9 Å². The van der Waals surface area contributed by atoms with Crippen LogP contribution in [0.15, 0.2) is 48.1 Å². The second-order valence-corrected chi connectivity index (χ2v) is 15.9. The van der Waals surface area contributed by atoms with E-state index in [1.165, 1.54) is 49.4 Å². The predicted octanol–water partition coefficient (Wildman–Crippen LogP) is 2.39. The summed E-state index contributed by atoms with van der Waals surface area (Å²) in [6, 6.07) is 4.77. The van der Waals surface area contributed by atoms with Crippen molar-refractivity contribution in [3.05, 3.63) is 53.6 Å². The summed E-state index contributed by atoms with van der Waals surface area (Å²) in [6.45, 7) is 1.70. The molecule has 4 aliphatic rings. The van der Waals surface area contributed by atoms with Gasteiger partial charge < -0.3 is 34.9 Å². The predicted molar refractivity (Wildman–Crippen MR) is 196 cm³/mol. The standard InChI is InChI=1S/C39H52FN3O17/c1-36-14-13-25(44)19-24(36)9-12-27-28-20-30(45)39(37(28,2)21-31(46)38(27,36)40,60-33(48)6-5-17-58-43(53)54)32(47)22-56-35(50)59-26-10-7-23(8-11-26)18-29(41)34(49)55-15-3-4-16-57-42(51)52/h7-8,10-11,13-14,19,27-31,45-46,51-54H,3-6,9,12,15-18,20-22,41H2,1-2H3/t27?,28?,29-,30+,31-,36-,37-,38-,39-/m0/s1. The highest BCUT2D eigenvalue weighted by molar-refractivity contribution is 6.01. The lowest BCUT2D eigenvalue weighted by Gasteiger charge is -2.62. The topological polar surface area (TPSA) is 295 Å². The molecule has 0 aliphatic heterocycles. The van der Waals surface area contributed by atoms with E-state index in [4.69, 9.17) is 45.5 Å². The van der Waals surface area contributed by atoms with Gasteiger partial charge in [0.15, 0.2) is 18.1 Å². The molecule has 9 atom stereocenters. The van der Waals surface area contributed by atoms with E-state index in [-0.39, 0.29) is 63.5 Å². The molecule has 332 valence electrons. The summed E-state index contributed by atoms with van der Waals surface area (Å²) in [4.78, 5) is 74.1. The summed E-state index contributed by atoms with van der Waals surface area (Å²) in [5.41, 5.74) is -0.742. The van der Waals surface area contributed by atoms with Crippen molar-refractivity contribution in [2.75, 3.05) is 26.4 Å². The number of nitrogens with two attached hydrogens (primary N) is 1. The van der Waals surface area contributed by atoms with Crippen LogP contribution in [0.25, 0.3) is 0 Å². The third-order valence-corrected chi connectivity index (χ3v) is 12.4. The molecule has 0 aromatic heterocycles. The zero-order valence-corrected chi connectivity index (χ0v) is 33.1. The summed E-state index contributed by atoms with van der Waals surface area (Å²) < 4.78 is 39.2. The average Bonchev–Trinajstić information content (AvgIpc) is 3.40. The lowest BCUT2D eigenvalue weighted by Crippen LogP contribution is -2.70. The van der Waals surface area contributed by atoms with Gasteiger partial charge in [0.25, 0.3) is 0 Å². The number of esters is 2. The Bertz CT molecular complexity index is 1810. The van der Waals surface area contributed by atoms with Gasteiger partial charge in [-0.15, -0.1) is 0 Å². The van der Waals surface area contributed by atoms with Gasteiger partial charge in [-0.1, -0.05) is 30.7 Å². The number of alkyl halides is 1. The quantitative estimate of drug-likeness (QED) is 0.0346. The number of carbonyl (C=O) groups is 5. The number of ether oxygens (including phenoxy) is 4. The zero-order valence-electron chi connectivity index (χ0n) is 33.1. The number of ketones is 2. The Morgan fingerprint density at radius 2 is 1.57 bits per heavy atom. The van der Waals surface area contributed by atoms with Crippen molar-refractivity contribution in [1.82, 2.24) is 10.8 Å². The molecule has 1 aromatic carbocycles. The number of aliphatic hydroxyl groups excluding tert-OH is 2. The molecule has 60 heavy (non-hydrogen) atoms. The molecule has 3 fully saturated rings. The summed E-state index contributed by atoms with van der Waals surface area (Å²) in [5.74, 6) is -4.91. The number of aliphatic hydroxyl groups is 2. The van der Waals surface area contributed by atoms with E-state index in [1.54, 1.807) is 6.92 Å². The highest BCUT2D eigenvalue weighted by Crippen LogP contribution is 2.70. The number of unbranched alkanes of at least 4 members (excludes halogenated alkanes) is 1. The fourth-order valence-corrected chi connectivity index (χ4v) is 9.57. The third kappa shape index (κ3) is 9.45. The van der Waals surface area contributed by atoms with Gasteiger partial charge in [0, 0.05) is 23.2 Å². The minimum atomic E-state index is -2.45. The molecular formula is C39H52FN3O17. The Kier molecular flexibility index (Phi) is 15.0. The van der Waals surface area contributed by atoms with Crippen molar-refractivity contribution in [1.29, 1.82) is 0 Å². The fraction of sp³-hybridized carbons (Fsp3) is 0.615. The van der Waals surface area contributed by atoms with Gasteiger partial charge in [0.05, 0.1) is 36.7 Å². The first-order valence-electron chi connectivity index (χ1n) is 19.5. The zero-order chi connectivity index (χ0) is 44.0. The number of nitrogens with zero attached hydrogens (tertiary/aromatic N) is 2. The first-order chi connectivity index (χ1) is 28.3. The number of hydrogen-bond acceptors (Lipinski definition) is 20. The summed E-state index contributed by atoms with van der Waals surface area (Å²) >= 11 is 0. The molecule has 21 heteroatoms. The Labute approximate surface area is 343 Å². The second kappa shape index (κ2) is 19.2. The van der Waals surface area contributed by atoms with Crippen molar-refractivity contribution in [2.45, 2.75) is 101 Å². The second-order valence-electron chi connectivity index (χ2n) is 15.9. The largest absolute Gasteiger partial charge is 0.514 e. The molecule has 1 aromatic rings. The smallest absolute Gasteiger partial charge is 0.465 e. The van der Waals surface area contributed by atoms with E-state index in [9.17, 15) is 34.2 Å². The van der Waals surface area contributed by atoms with Crippen LogP contribution in [0.4, 0.5) is 9.18 Å². The van der Waals surface area contributed by atoms with Gasteiger partial charge in [-0.2, -0.15) is 0 Å². The van der Waals surface area contributed by atoms with Gasteiger partial charge in [0.2, 0.25) is 11.4 Å². The Balaban J connectivity index is 1.26. The van der Waals surface area contributed by atoms with Gasteiger partial charge in [-0.3, -0.25) is 49.7 Å². The number of halogens is 1. The molecule has 2 unspecified atom stereocenters. The van der Waals surface area contributed by atoms with Crippen molar-refractivity contribution < 1.29 is 88.0 Å². The van der Waals surface area contributed by atoms with Crippen LogP contribution < -0.4 is 10.5 Å². The summed E-state index contributed by atoms with van der Waals surface area (Å²) in [5, 5.41) is 57.3. The lowest BCUT2D eigenvalue weighted by atomic mass is 9.44. The monoisotopic (exact) mass is 853 g/mol. The molecule has 20 nitrogen and oxygen atoms in total. The number of benzene rings is 1. The van der Waals surface area contributed by atoms with Crippen molar-refractivity contribution in [3.8, 4) is 5.75 Å². The molecule has 0 heterocycles. The molecule has 0 amide bonds. The maximum atomic E-state index is 17.7. The molecule has 0 saturated heterocycles. The summed E-state index contributed by atoms with van der Waals surface area (Å²) in [7, 11) is 0. The van der Waals surface area contributed by atoms with Crippen LogP contribution in [0.3, 0.4) is 0 Å². The molecule has 3 saturated carbocycles. The third-order valence-electron chi connectivity index (χ3n) is 12.4. The highest BCUT2D eigenvalue weighted by Gasteiger charge is 2.78. The van der Waals surface area contributed by atoms with Gasteiger partial charge in [-0.05, 0) is 94.1 Å². The van der Waals surface area contributed by atoms with Crippen molar-refractivity contribution >= 4 is 29.7 Å². The number of carbonyl (C=O) groups excluding carboxylic acids is 5. The Hall–Kier alpha value is -4.26. The lowest BCUT2D eigenvalue weighted by molar-refractivity contribution is -0.492. The first-order valence-corrected chi connectivity index (χ1v) is 19.5. The van der Waals surface area contributed by atoms with Crippen LogP contribution in [0.5, 0.6) is 5.75 Å². The highest BCUT2D eigenvalue weighted by atomic mass is 19.1. The first kappa shape index (κ1) is 46.8. The van der Waals surface area contributed by atoms with Crippen LogP contribution >= 0.6 is 0 Å². The molecule has 8 N–H and O–H groups in total. The fourth-order valence-electron chi connectivity index (χ4n) is 9.57. The van der Waals surface area contributed by atoms with Gasteiger partial charge >= 0.3 is 18.1 Å². The van der Waals surface area contributed by atoms with Crippen molar-refractivity contribution in [3.63, 3.8) is 0 Å². The van der Waals surface area contributed by atoms with Gasteiger partial charge in [-0.25, -0.2) is 9.18 Å².